The molecule has 0 spiro atoms. The summed E-state index contributed by atoms with van der Waals surface area (Å²) in [6.07, 6.45) is 1.63. The van der Waals surface area contributed by atoms with E-state index in [1.54, 1.807) is 6.20 Å². The molecule has 0 saturated carbocycles. The average molecular weight is 202 g/mol. The van der Waals surface area contributed by atoms with E-state index in [4.69, 9.17) is 22.7 Å². The van der Waals surface area contributed by atoms with Gasteiger partial charge < -0.3 is 5.73 Å². The van der Waals surface area contributed by atoms with Crippen molar-refractivity contribution in [1.82, 2.24) is 4.98 Å². The zero-order valence-corrected chi connectivity index (χ0v) is 7.82. The standard InChI is InChI=1S/C7H8ClN3S/c8-6-5(2-1-3-11-6)4-12-7(9)10/h1-3H,4H2,(H3,9,10). The molecule has 1 heterocycles. The molecule has 3 N–H and O–H groups in total. The van der Waals surface area contributed by atoms with Crippen LogP contribution in [-0.2, 0) is 5.75 Å². The van der Waals surface area contributed by atoms with E-state index in [2.05, 4.69) is 4.98 Å². The third-order valence-electron chi connectivity index (χ3n) is 1.22. The van der Waals surface area contributed by atoms with Crippen LogP contribution in [0.4, 0.5) is 0 Å². The molecule has 0 aliphatic rings. The van der Waals surface area contributed by atoms with Gasteiger partial charge in [-0.05, 0) is 11.6 Å². The molecule has 1 aromatic rings. The van der Waals surface area contributed by atoms with Crippen molar-refractivity contribution in [3.63, 3.8) is 0 Å². The fourth-order valence-electron chi connectivity index (χ4n) is 0.683. The first-order valence-electron chi connectivity index (χ1n) is 3.26. The number of pyridine rings is 1. The second kappa shape index (κ2) is 4.33. The van der Waals surface area contributed by atoms with Gasteiger partial charge in [-0.2, -0.15) is 0 Å². The van der Waals surface area contributed by atoms with Crippen LogP contribution in [0.1, 0.15) is 5.56 Å². The van der Waals surface area contributed by atoms with Crippen molar-refractivity contribution in [3.8, 4) is 0 Å². The number of thioether (sulfide) groups is 1. The van der Waals surface area contributed by atoms with Gasteiger partial charge in [-0.15, -0.1) is 0 Å². The van der Waals surface area contributed by atoms with Crippen LogP contribution in [-0.4, -0.2) is 10.2 Å². The summed E-state index contributed by atoms with van der Waals surface area (Å²) in [5.74, 6) is 0.599. The van der Waals surface area contributed by atoms with Crippen molar-refractivity contribution in [3.05, 3.63) is 29.0 Å². The van der Waals surface area contributed by atoms with Crippen molar-refractivity contribution < 1.29 is 0 Å². The number of nitrogens with two attached hydrogens (primary N) is 1. The molecule has 1 rings (SSSR count). The van der Waals surface area contributed by atoms with E-state index in [1.165, 1.54) is 11.8 Å². The van der Waals surface area contributed by atoms with E-state index in [0.29, 0.717) is 10.9 Å². The Bertz CT molecular complexity index is 290. The average Bonchev–Trinajstić information content (AvgIpc) is 2.03. The number of hydrogen-bond acceptors (Lipinski definition) is 3. The smallest absolute Gasteiger partial charge is 0.151 e. The fraction of sp³-hybridized carbons (Fsp3) is 0.143. The Morgan fingerprint density at radius 1 is 1.75 bits per heavy atom. The van der Waals surface area contributed by atoms with Crippen molar-refractivity contribution in [2.75, 3.05) is 0 Å². The molecule has 0 unspecified atom stereocenters. The lowest BCUT2D eigenvalue weighted by Gasteiger charge is -2.00. The van der Waals surface area contributed by atoms with Gasteiger partial charge in [0.25, 0.3) is 0 Å². The molecular weight excluding hydrogens is 194 g/mol. The zero-order chi connectivity index (χ0) is 8.97. The number of nitrogens with one attached hydrogen (secondary N) is 1. The van der Waals surface area contributed by atoms with Crippen LogP contribution in [0.15, 0.2) is 18.3 Å². The number of hydrogen-bond donors (Lipinski definition) is 2. The van der Waals surface area contributed by atoms with Crippen LogP contribution in [0, 0.1) is 5.41 Å². The first-order valence-corrected chi connectivity index (χ1v) is 4.62. The summed E-state index contributed by atoms with van der Waals surface area (Å²) in [7, 11) is 0. The predicted molar refractivity (Wildman–Crippen MR) is 52.5 cm³/mol. The molecule has 0 aromatic carbocycles. The normalized spacial score (nSPS) is 9.75. The highest BCUT2D eigenvalue weighted by Gasteiger charge is 2.00. The number of nitrogens with zero attached hydrogens (tertiary/aromatic N) is 1. The molecule has 12 heavy (non-hydrogen) atoms. The number of halogens is 1. The monoisotopic (exact) mass is 201 g/mol. The molecule has 0 saturated heterocycles. The summed E-state index contributed by atoms with van der Waals surface area (Å²) in [5, 5.41) is 7.56. The Kier molecular flexibility index (Phi) is 3.37. The topological polar surface area (TPSA) is 62.8 Å². The van der Waals surface area contributed by atoms with E-state index in [1.807, 2.05) is 12.1 Å². The largest absolute Gasteiger partial charge is 0.379 e. The Balaban J connectivity index is 2.63. The fourth-order valence-corrected chi connectivity index (χ4v) is 1.49. The van der Waals surface area contributed by atoms with Gasteiger partial charge in [0.05, 0.1) is 0 Å². The molecular formula is C7H8ClN3S. The lowest BCUT2D eigenvalue weighted by Crippen LogP contribution is -2.03. The minimum atomic E-state index is 0.0925. The molecule has 0 amide bonds. The third kappa shape index (κ3) is 2.71. The van der Waals surface area contributed by atoms with Gasteiger partial charge in [-0.25, -0.2) is 4.98 Å². The Hall–Kier alpha value is -0.740. The van der Waals surface area contributed by atoms with Crippen LogP contribution in [0.3, 0.4) is 0 Å². The Morgan fingerprint density at radius 3 is 3.08 bits per heavy atom. The highest BCUT2D eigenvalue weighted by molar-refractivity contribution is 8.13. The first kappa shape index (κ1) is 9.35. The maximum atomic E-state index is 6.99. The van der Waals surface area contributed by atoms with Crippen LogP contribution in [0.2, 0.25) is 5.15 Å². The van der Waals surface area contributed by atoms with Crippen LogP contribution >= 0.6 is 23.4 Å². The summed E-state index contributed by atoms with van der Waals surface area (Å²) in [4.78, 5) is 3.90. The van der Waals surface area contributed by atoms with E-state index < -0.39 is 0 Å². The van der Waals surface area contributed by atoms with Gasteiger partial charge in [0.2, 0.25) is 0 Å². The molecule has 1 aromatic heterocycles. The van der Waals surface area contributed by atoms with Gasteiger partial charge in [-0.3, -0.25) is 5.41 Å². The van der Waals surface area contributed by atoms with Crippen molar-refractivity contribution in [1.29, 1.82) is 5.41 Å². The van der Waals surface area contributed by atoms with Gasteiger partial charge in [0.15, 0.2) is 5.17 Å². The van der Waals surface area contributed by atoms with Crippen molar-refractivity contribution >= 4 is 28.5 Å². The Morgan fingerprint density at radius 2 is 2.50 bits per heavy atom. The van der Waals surface area contributed by atoms with Gasteiger partial charge in [0, 0.05) is 11.9 Å². The van der Waals surface area contributed by atoms with E-state index in [-0.39, 0.29) is 5.17 Å². The van der Waals surface area contributed by atoms with Crippen molar-refractivity contribution in [2.45, 2.75) is 5.75 Å². The second-order valence-corrected chi connectivity index (χ2v) is 3.48. The number of rotatable bonds is 2. The molecule has 0 fully saturated rings. The summed E-state index contributed by atoms with van der Waals surface area (Å²) < 4.78 is 0. The van der Waals surface area contributed by atoms with E-state index in [0.717, 1.165) is 5.56 Å². The van der Waals surface area contributed by atoms with Crippen LogP contribution < -0.4 is 5.73 Å². The molecule has 5 heteroatoms. The summed E-state index contributed by atoms with van der Waals surface area (Å²) in [6.45, 7) is 0. The Labute approximate surface area is 79.8 Å². The molecule has 3 nitrogen and oxygen atoms in total. The number of amidine groups is 1. The third-order valence-corrected chi connectivity index (χ3v) is 2.33. The SMILES string of the molecule is N=C(N)SCc1cccnc1Cl. The maximum absolute atomic E-state index is 6.99. The summed E-state index contributed by atoms with van der Waals surface area (Å²) in [6, 6.07) is 3.67. The van der Waals surface area contributed by atoms with E-state index in [9.17, 15) is 0 Å². The molecule has 0 aliphatic carbocycles. The molecule has 0 atom stereocenters. The van der Waals surface area contributed by atoms with Gasteiger partial charge in [0.1, 0.15) is 5.15 Å². The molecule has 0 radical (unpaired) electrons. The minimum Gasteiger partial charge on any atom is -0.379 e. The lowest BCUT2D eigenvalue weighted by atomic mass is 10.3. The van der Waals surface area contributed by atoms with Gasteiger partial charge in [-0.1, -0.05) is 29.4 Å². The van der Waals surface area contributed by atoms with Gasteiger partial charge >= 0.3 is 0 Å². The van der Waals surface area contributed by atoms with Crippen LogP contribution in [0.25, 0.3) is 0 Å². The minimum absolute atomic E-state index is 0.0925. The highest BCUT2D eigenvalue weighted by atomic mass is 35.5. The van der Waals surface area contributed by atoms with Crippen LogP contribution in [0.5, 0.6) is 0 Å². The van der Waals surface area contributed by atoms with Crippen molar-refractivity contribution in [2.24, 2.45) is 5.73 Å². The second-order valence-electron chi connectivity index (χ2n) is 2.11. The number of aromatic nitrogens is 1. The predicted octanol–water partition coefficient (Wildman–Crippen LogP) is 1.86. The zero-order valence-electron chi connectivity index (χ0n) is 6.25. The maximum Gasteiger partial charge on any atom is 0.151 e. The van der Waals surface area contributed by atoms with E-state index >= 15 is 0 Å². The summed E-state index contributed by atoms with van der Waals surface area (Å²) in [5.41, 5.74) is 6.08. The molecule has 0 aliphatic heterocycles. The lowest BCUT2D eigenvalue weighted by molar-refractivity contribution is 1.25. The summed E-state index contributed by atoms with van der Waals surface area (Å²) >= 11 is 7.01. The first-order chi connectivity index (χ1) is 5.70. The molecule has 0 bridgehead atoms. The highest BCUT2D eigenvalue weighted by Crippen LogP contribution is 2.17. The molecule has 64 valence electrons. The quantitative estimate of drug-likeness (QED) is 0.436.